The van der Waals surface area contributed by atoms with E-state index in [2.05, 4.69) is 30.1 Å². The van der Waals surface area contributed by atoms with Crippen LogP contribution in [0.15, 0.2) is 77.8 Å². The lowest BCUT2D eigenvalue weighted by Gasteiger charge is -2.52. The van der Waals surface area contributed by atoms with Crippen LogP contribution in [-0.4, -0.2) is 29.8 Å². The van der Waals surface area contributed by atoms with E-state index >= 15 is 0 Å². The van der Waals surface area contributed by atoms with Gasteiger partial charge in [-0.15, -0.1) is 0 Å². The Hall–Kier alpha value is -3.31. The highest BCUT2D eigenvalue weighted by Gasteiger charge is 2.46. The summed E-state index contributed by atoms with van der Waals surface area (Å²) < 4.78 is 0. The van der Waals surface area contributed by atoms with Crippen molar-refractivity contribution >= 4 is 34.7 Å². The smallest absolute Gasteiger partial charge is 0.277 e. The summed E-state index contributed by atoms with van der Waals surface area (Å²) in [4.78, 5) is 21.6. The number of hydrogen-bond donors (Lipinski definition) is 0. The molecule has 0 aromatic heterocycles. The van der Waals surface area contributed by atoms with E-state index in [0.29, 0.717) is 10.6 Å². The van der Waals surface area contributed by atoms with Crippen LogP contribution in [0.5, 0.6) is 0 Å². The summed E-state index contributed by atoms with van der Waals surface area (Å²) in [6.07, 6.45) is 5.56. The van der Waals surface area contributed by atoms with Gasteiger partial charge in [0.15, 0.2) is 12.0 Å². The van der Waals surface area contributed by atoms with Crippen molar-refractivity contribution in [3.63, 3.8) is 0 Å². The molecule has 34 heavy (non-hydrogen) atoms. The fourth-order valence-electron chi connectivity index (χ4n) is 5.51. The number of hydrazine groups is 1. The van der Waals surface area contributed by atoms with E-state index in [9.17, 15) is 4.79 Å². The fourth-order valence-corrected chi connectivity index (χ4v) is 5.64. The van der Waals surface area contributed by atoms with Gasteiger partial charge >= 0.3 is 0 Å². The number of benzene rings is 3. The Morgan fingerprint density at radius 3 is 2.29 bits per heavy atom. The summed E-state index contributed by atoms with van der Waals surface area (Å²) in [5.74, 6) is 0.807. The van der Waals surface area contributed by atoms with Gasteiger partial charge in [0.1, 0.15) is 0 Å². The Morgan fingerprint density at radius 1 is 0.853 bits per heavy atom. The van der Waals surface area contributed by atoms with E-state index in [1.807, 2.05) is 64.6 Å². The van der Waals surface area contributed by atoms with Gasteiger partial charge in [-0.25, -0.2) is 10.0 Å². The molecular weight excluding hydrogens is 444 g/mol. The topological polar surface area (TPSA) is 39.2 Å². The van der Waals surface area contributed by atoms with E-state index in [0.717, 1.165) is 41.2 Å². The third-order valence-electron chi connectivity index (χ3n) is 7.17. The quantitative estimate of drug-likeness (QED) is 0.432. The van der Waals surface area contributed by atoms with Gasteiger partial charge in [0.2, 0.25) is 0 Å². The highest BCUT2D eigenvalue weighted by Crippen LogP contribution is 2.44. The maximum Gasteiger partial charge on any atom is 0.277 e. The minimum Gasteiger partial charge on any atom is -0.348 e. The molecule has 0 N–H and O–H groups in total. The standard InChI is InChI=1S/C28H27ClN4O/c1-31-25-14-8-7-13-24(25)28(34)33-27(31)23-12-6-5-11-22(23)26(30-20-9-3-2-4-10-20)32(33)21-17-15-19(29)16-18-21/h5-8,11-18,20,27H,2-4,9-10H2,1H3. The second-order valence-corrected chi connectivity index (χ2v) is 9.71. The van der Waals surface area contributed by atoms with Crippen molar-refractivity contribution in [2.75, 3.05) is 17.0 Å². The van der Waals surface area contributed by atoms with Crippen LogP contribution in [0.3, 0.4) is 0 Å². The van der Waals surface area contributed by atoms with Crippen LogP contribution in [-0.2, 0) is 0 Å². The minimum absolute atomic E-state index is 0.0282. The summed E-state index contributed by atoms with van der Waals surface area (Å²) >= 11 is 6.24. The highest BCUT2D eigenvalue weighted by molar-refractivity contribution is 6.30. The lowest BCUT2D eigenvalue weighted by atomic mass is 9.94. The molecule has 2 aliphatic heterocycles. The van der Waals surface area contributed by atoms with E-state index < -0.39 is 0 Å². The summed E-state index contributed by atoms with van der Waals surface area (Å²) in [5, 5.41) is 4.55. The SMILES string of the molecule is CN1c2ccccc2C(=O)N2C1c1ccccc1C(=NC1CCCCC1)N2c1ccc(Cl)cc1. The van der Waals surface area contributed by atoms with Crippen LogP contribution < -0.4 is 9.91 Å². The second-order valence-electron chi connectivity index (χ2n) is 9.27. The van der Waals surface area contributed by atoms with Gasteiger partial charge in [0.05, 0.1) is 23.0 Å². The molecule has 3 aromatic carbocycles. The molecule has 0 radical (unpaired) electrons. The minimum atomic E-state index is -0.278. The molecule has 1 fully saturated rings. The molecule has 1 saturated carbocycles. The van der Waals surface area contributed by atoms with Crippen LogP contribution in [0, 0.1) is 0 Å². The number of aliphatic imine (C=N–C) groups is 1. The number of carbonyl (C=O) groups excluding carboxylic acids is 1. The van der Waals surface area contributed by atoms with Gasteiger partial charge in [0.25, 0.3) is 5.91 Å². The summed E-state index contributed by atoms with van der Waals surface area (Å²) in [7, 11) is 2.06. The fraction of sp³-hybridized carbons (Fsp3) is 0.286. The first kappa shape index (κ1) is 21.2. The summed E-state index contributed by atoms with van der Waals surface area (Å²) in [6.45, 7) is 0. The van der Waals surface area contributed by atoms with Gasteiger partial charge in [0, 0.05) is 23.2 Å². The Bertz CT molecular complexity index is 1270. The van der Waals surface area contributed by atoms with E-state index in [1.165, 1.54) is 19.3 Å². The van der Waals surface area contributed by atoms with Crippen molar-refractivity contribution in [3.8, 4) is 0 Å². The Morgan fingerprint density at radius 2 is 1.53 bits per heavy atom. The largest absolute Gasteiger partial charge is 0.348 e. The number of anilines is 2. The van der Waals surface area contributed by atoms with Crippen molar-refractivity contribution < 1.29 is 4.79 Å². The molecule has 3 aromatic rings. The van der Waals surface area contributed by atoms with Crippen LogP contribution in [0.2, 0.25) is 5.02 Å². The molecule has 1 amide bonds. The first-order valence-electron chi connectivity index (χ1n) is 12.0. The van der Waals surface area contributed by atoms with Gasteiger partial charge < -0.3 is 4.90 Å². The Kier molecular flexibility index (Phi) is 5.30. The number of carbonyl (C=O) groups is 1. The Labute approximate surface area is 205 Å². The normalized spacial score (nSPS) is 21.4. The highest BCUT2D eigenvalue weighted by atomic mass is 35.5. The molecule has 0 bridgehead atoms. The maximum atomic E-state index is 14.1. The monoisotopic (exact) mass is 470 g/mol. The lowest BCUT2D eigenvalue weighted by Crippen LogP contribution is -2.61. The van der Waals surface area contributed by atoms with Crippen molar-refractivity contribution in [2.45, 2.75) is 44.3 Å². The molecule has 5 nitrogen and oxygen atoms in total. The van der Waals surface area contributed by atoms with E-state index in [-0.39, 0.29) is 18.1 Å². The number of fused-ring (bicyclic) bond motifs is 4. The van der Waals surface area contributed by atoms with Crippen molar-refractivity contribution in [1.82, 2.24) is 5.01 Å². The number of para-hydroxylation sites is 1. The number of amidine groups is 1. The summed E-state index contributed by atoms with van der Waals surface area (Å²) in [6, 6.07) is 24.1. The molecule has 1 aliphatic carbocycles. The molecule has 172 valence electrons. The number of nitrogens with zero attached hydrogens (tertiary/aromatic N) is 4. The average Bonchev–Trinajstić information content (AvgIpc) is 2.88. The zero-order valence-electron chi connectivity index (χ0n) is 19.2. The van der Waals surface area contributed by atoms with E-state index in [4.69, 9.17) is 16.6 Å². The molecule has 3 aliphatic rings. The summed E-state index contributed by atoms with van der Waals surface area (Å²) in [5.41, 5.74) is 4.67. The van der Waals surface area contributed by atoms with Crippen molar-refractivity contribution in [1.29, 1.82) is 0 Å². The second kappa shape index (κ2) is 8.48. The molecule has 0 spiro atoms. The number of hydrogen-bond acceptors (Lipinski definition) is 3. The molecule has 6 heteroatoms. The molecule has 1 unspecified atom stereocenters. The van der Waals surface area contributed by atoms with Gasteiger partial charge in [-0.3, -0.25) is 9.79 Å². The Balaban J connectivity index is 1.60. The first-order chi connectivity index (χ1) is 16.6. The predicted molar refractivity (Wildman–Crippen MR) is 138 cm³/mol. The van der Waals surface area contributed by atoms with Crippen LogP contribution >= 0.6 is 11.6 Å². The zero-order chi connectivity index (χ0) is 23.2. The molecular formula is C28H27ClN4O. The van der Waals surface area contributed by atoms with Gasteiger partial charge in [-0.1, -0.05) is 67.3 Å². The third-order valence-corrected chi connectivity index (χ3v) is 7.42. The van der Waals surface area contributed by atoms with Crippen LogP contribution in [0.4, 0.5) is 11.4 Å². The number of rotatable bonds is 2. The average molecular weight is 471 g/mol. The molecule has 6 rings (SSSR count). The number of amides is 1. The molecule has 1 atom stereocenters. The predicted octanol–water partition coefficient (Wildman–Crippen LogP) is 6.45. The lowest BCUT2D eigenvalue weighted by molar-refractivity contribution is 0.0653. The van der Waals surface area contributed by atoms with Gasteiger partial charge in [-0.2, -0.15) is 0 Å². The van der Waals surface area contributed by atoms with Crippen molar-refractivity contribution in [3.05, 3.63) is 94.5 Å². The van der Waals surface area contributed by atoms with Crippen LogP contribution in [0.1, 0.15) is 59.8 Å². The van der Waals surface area contributed by atoms with E-state index in [1.54, 1.807) is 0 Å². The van der Waals surface area contributed by atoms with Crippen molar-refractivity contribution in [2.24, 2.45) is 4.99 Å². The molecule has 2 heterocycles. The van der Waals surface area contributed by atoms with Crippen LogP contribution in [0.25, 0.3) is 0 Å². The van der Waals surface area contributed by atoms with Gasteiger partial charge in [-0.05, 0) is 49.2 Å². The molecule has 0 saturated heterocycles. The number of halogens is 1. The first-order valence-corrected chi connectivity index (χ1v) is 12.4. The maximum absolute atomic E-state index is 14.1. The third kappa shape index (κ3) is 3.38. The zero-order valence-corrected chi connectivity index (χ0v) is 19.9.